The first-order chi connectivity index (χ1) is 5.24. The molecule has 0 atom stereocenters. The molecule has 58 valence electrons. The maximum Gasteiger partial charge on any atom is 0.335 e. The lowest BCUT2D eigenvalue weighted by molar-refractivity contribution is -0.00632. The van der Waals surface area contributed by atoms with Gasteiger partial charge in [-0.1, -0.05) is 6.07 Å². The smallest absolute Gasteiger partial charge is 0.335 e. The fourth-order valence-corrected chi connectivity index (χ4v) is 0.677. The van der Waals surface area contributed by atoms with Crippen LogP contribution in [0.1, 0.15) is 10.4 Å². The van der Waals surface area contributed by atoms with Crippen LogP contribution in [0.15, 0.2) is 24.3 Å². The molecule has 0 saturated heterocycles. The lowest BCUT2D eigenvalue weighted by Gasteiger charge is -1.94. The van der Waals surface area contributed by atoms with Crippen molar-refractivity contribution in [1.82, 2.24) is 0 Å². The predicted molar refractivity (Wildman–Crippen MR) is 35.1 cm³/mol. The Bertz CT molecular complexity index is 272. The summed E-state index contributed by atoms with van der Waals surface area (Å²) in [5.41, 5.74) is 0.000139. The van der Waals surface area contributed by atoms with E-state index in [0.717, 1.165) is 6.07 Å². The molecule has 0 fully saturated rings. The number of hydrogen-bond donors (Lipinski definition) is 1. The zero-order valence-corrected chi connectivity index (χ0v) is 5.45. The Labute approximate surface area is 61.9 Å². The van der Waals surface area contributed by atoms with E-state index in [9.17, 15) is 9.32 Å². The Hall–Kier alpha value is -1.58. The molecular formula is C7H5FO3. The zero-order valence-electron chi connectivity index (χ0n) is 5.45. The summed E-state index contributed by atoms with van der Waals surface area (Å²) in [6.07, 6.45) is 0. The van der Waals surface area contributed by atoms with Crippen LogP contribution in [-0.2, 0) is 0 Å². The summed E-state index contributed by atoms with van der Waals surface area (Å²) in [5.74, 6) is -1.21. The Morgan fingerprint density at radius 2 is 2.27 bits per heavy atom. The van der Waals surface area contributed by atoms with E-state index in [0.29, 0.717) is 0 Å². The molecule has 0 radical (unpaired) electrons. The quantitative estimate of drug-likeness (QED) is 0.708. The summed E-state index contributed by atoms with van der Waals surface area (Å²) in [4.78, 5) is 13.6. The van der Waals surface area contributed by atoms with E-state index in [1.807, 2.05) is 0 Å². The minimum Gasteiger partial charge on any atom is -0.478 e. The van der Waals surface area contributed by atoms with Crippen molar-refractivity contribution in [3.05, 3.63) is 29.8 Å². The van der Waals surface area contributed by atoms with Crippen LogP contribution in [0.4, 0.5) is 4.53 Å². The van der Waals surface area contributed by atoms with Gasteiger partial charge in [0.25, 0.3) is 0 Å². The highest BCUT2D eigenvalue weighted by Gasteiger charge is 2.03. The number of benzene rings is 1. The van der Waals surface area contributed by atoms with Crippen LogP contribution in [0.3, 0.4) is 0 Å². The van der Waals surface area contributed by atoms with Gasteiger partial charge in [0.1, 0.15) is 0 Å². The molecule has 1 aromatic carbocycles. The molecule has 0 aliphatic carbocycles. The number of rotatable bonds is 2. The highest BCUT2D eigenvalue weighted by atomic mass is 19.3. The number of carboxylic acids is 1. The van der Waals surface area contributed by atoms with Crippen LogP contribution >= 0.6 is 0 Å². The monoisotopic (exact) mass is 156 g/mol. The van der Waals surface area contributed by atoms with Gasteiger partial charge in [0.05, 0.1) is 5.56 Å². The third-order valence-electron chi connectivity index (χ3n) is 1.17. The molecule has 4 heteroatoms. The molecule has 3 nitrogen and oxygen atoms in total. The van der Waals surface area contributed by atoms with Crippen molar-refractivity contribution >= 4 is 5.97 Å². The highest BCUT2D eigenvalue weighted by Crippen LogP contribution is 2.12. The van der Waals surface area contributed by atoms with Gasteiger partial charge in [-0.15, -0.1) is 0 Å². The number of carbonyl (C=O) groups is 1. The molecule has 0 aromatic heterocycles. The van der Waals surface area contributed by atoms with Crippen LogP contribution in [0.2, 0.25) is 0 Å². The fourth-order valence-electron chi connectivity index (χ4n) is 0.677. The molecule has 0 amide bonds. The van der Waals surface area contributed by atoms with E-state index in [1.165, 1.54) is 18.2 Å². The SMILES string of the molecule is O=C(O)c1cccc(OF)c1. The summed E-state index contributed by atoms with van der Waals surface area (Å²) in [5, 5.41) is 8.43. The van der Waals surface area contributed by atoms with Crippen molar-refractivity contribution in [1.29, 1.82) is 0 Å². The summed E-state index contributed by atoms with van der Waals surface area (Å²) >= 11 is 0. The topological polar surface area (TPSA) is 46.5 Å². The number of hydrogen-bond acceptors (Lipinski definition) is 2. The zero-order chi connectivity index (χ0) is 8.27. The van der Waals surface area contributed by atoms with Crippen molar-refractivity contribution in [3.63, 3.8) is 0 Å². The Morgan fingerprint density at radius 3 is 2.82 bits per heavy atom. The van der Waals surface area contributed by atoms with Gasteiger partial charge >= 0.3 is 5.97 Å². The molecule has 0 spiro atoms. The molecule has 0 bridgehead atoms. The molecule has 0 aliphatic heterocycles. The first kappa shape index (κ1) is 7.53. The summed E-state index contributed by atoms with van der Waals surface area (Å²) in [6.45, 7) is 0. The van der Waals surface area contributed by atoms with Crippen LogP contribution in [0, 0.1) is 0 Å². The largest absolute Gasteiger partial charge is 0.478 e. The second-order valence-electron chi connectivity index (χ2n) is 1.91. The van der Waals surface area contributed by atoms with Crippen LogP contribution in [0.25, 0.3) is 0 Å². The third-order valence-corrected chi connectivity index (χ3v) is 1.17. The maximum absolute atomic E-state index is 11.5. The maximum atomic E-state index is 11.5. The number of halogens is 1. The molecule has 0 heterocycles. The second kappa shape index (κ2) is 3.01. The van der Waals surface area contributed by atoms with Crippen molar-refractivity contribution in [2.24, 2.45) is 0 Å². The van der Waals surface area contributed by atoms with E-state index in [1.54, 1.807) is 0 Å². The van der Waals surface area contributed by atoms with Crippen molar-refractivity contribution in [2.45, 2.75) is 0 Å². The normalized spacial score (nSPS) is 9.18. The van der Waals surface area contributed by atoms with Gasteiger partial charge in [0.15, 0.2) is 5.75 Å². The van der Waals surface area contributed by atoms with Crippen LogP contribution in [0.5, 0.6) is 5.75 Å². The number of carboxylic acid groups (broad SMARTS) is 1. The minimum absolute atomic E-state index is 0.000139. The Kier molecular flexibility index (Phi) is 2.06. The second-order valence-corrected chi connectivity index (χ2v) is 1.91. The number of aromatic carboxylic acids is 1. The lowest BCUT2D eigenvalue weighted by atomic mass is 10.2. The van der Waals surface area contributed by atoms with Gasteiger partial charge in [-0.3, -0.25) is 4.94 Å². The van der Waals surface area contributed by atoms with E-state index in [4.69, 9.17) is 5.11 Å². The first-order valence-corrected chi connectivity index (χ1v) is 2.86. The average Bonchev–Trinajstić information content (AvgIpc) is 2.05. The molecule has 1 N–H and O–H groups in total. The van der Waals surface area contributed by atoms with E-state index in [-0.39, 0.29) is 11.3 Å². The van der Waals surface area contributed by atoms with E-state index < -0.39 is 5.97 Å². The fraction of sp³-hybridized carbons (Fsp3) is 0. The molecule has 11 heavy (non-hydrogen) atoms. The highest BCUT2D eigenvalue weighted by molar-refractivity contribution is 5.87. The van der Waals surface area contributed by atoms with E-state index >= 15 is 0 Å². The molecule has 1 rings (SSSR count). The first-order valence-electron chi connectivity index (χ1n) is 2.86. The standard InChI is InChI=1S/C7H5FO3/c8-11-6-3-1-2-5(4-6)7(9)10/h1-4H,(H,9,10). The molecule has 1 aromatic rings. The van der Waals surface area contributed by atoms with Gasteiger partial charge in [-0.05, 0) is 18.2 Å². The van der Waals surface area contributed by atoms with Gasteiger partial charge in [0.2, 0.25) is 0 Å². The van der Waals surface area contributed by atoms with Gasteiger partial charge in [-0.25, -0.2) is 4.79 Å². The summed E-state index contributed by atoms with van der Waals surface area (Å²) in [7, 11) is 0. The summed E-state index contributed by atoms with van der Waals surface area (Å²) in [6, 6.07) is 5.18. The Morgan fingerprint density at radius 1 is 1.55 bits per heavy atom. The third kappa shape index (κ3) is 1.67. The van der Waals surface area contributed by atoms with Gasteiger partial charge in [0, 0.05) is 4.53 Å². The van der Waals surface area contributed by atoms with Gasteiger partial charge < -0.3 is 5.11 Å². The minimum atomic E-state index is -1.11. The molecule has 0 unspecified atom stereocenters. The molecule has 0 saturated carbocycles. The van der Waals surface area contributed by atoms with E-state index in [2.05, 4.69) is 4.94 Å². The summed E-state index contributed by atoms with van der Waals surface area (Å²) < 4.78 is 11.5. The Balaban J connectivity index is 3.01. The van der Waals surface area contributed by atoms with Gasteiger partial charge in [-0.2, -0.15) is 0 Å². The average molecular weight is 156 g/mol. The van der Waals surface area contributed by atoms with Crippen LogP contribution in [-0.4, -0.2) is 11.1 Å². The molecule has 0 aliphatic rings. The lowest BCUT2D eigenvalue weighted by Crippen LogP contribution is -1.95. The predicted octanol–water partition coefficient (Wildman–Crippen LogP) is 1.65. The molecular weight excluding hydrogens is 151 g/mol. The van der Waals surface area contributed by atoms with Crippen LogP contribution < -0.4 is 4.94 Å². The van der Waals surface area contributed by atoms with Crippen molar-refractivity contribution < 1.29 is 19.4 Å². The van der Waals surface area contributed by atoms with Crippen molar-refractivity contribution in [2.75, 3.05) is 0 Å². The van der Waals surface area contributed by atoms with Crippen molar-refractivity contribution in [3.8, 4) is 5.75 Å².